The largest absolute Gasteiger partial charge is 0.412 e. The summed E-state index contributed by atoms with van der Waals surface area (Å²) in [5, 5.41) is 6.86. The number of nitrogens with one attached hydrogen (secondary N) is 1. The molecule has 7 nitrogen and oxygen atoms in total. The average Bonchev–Trinajstić information content (AvgIpc) is 1.84. The zero-order chi connectivity index (χ0) is 9.72. The Balaban J connectivity index is 3.85. The predicted molar refractivity (Wildman–Crippen MR) is 40.2 cm³/mol. The SMILES string of the molecule is CN(CC(=O)OC(N)=O)C(=N)N. The number of guanidine groups is 1. The van der Waals surface area contributed by atoms with Crippen LogP contribution in [0, 0.1) is 5.41 Å². The number of carbonyl (C=O) groups excluding carboxylic acids is 2. The van der Waals surface area contributed by atoms with Gasteiger partial charge in [-0.1, -0.05) is 0 Å². The Morgan fingerprint density at radius 3 is 2.33 bits per heavy atom. The first-order valence-corrected chi connectivity index (χ1v) is 2.98. The maximum Gasteiger partial charge on any atom is 0.412 e. The van der Waals surface area contributed by atoms with Crippen LogP contribution in [-0.2, 0) is 9.53 Å². The standard InChI is InChI=1S/C5H10N4O3/c1-9(4(6)7)2-3(10)12-5(8)11/h2H2,1H3,(H3,6,7)(H2,8,11). The van der Waals surface area contributed by atoms with Gasteiger partial charge < -0.3 is 21.1 Å². The molecule has 0 unspecified atom stereocenters. The van der Waals surface area contributed by atoms with Crippen molar-refractivity contribution < 1.29 is 14.3 Å². The number of hydrogen-bond acceptors (Lipinski definition) is 4. The summed E-state index contributed by atoms with van der Waals surface area (Å²) in [6, 6.07) is 0. The first-order valence-electron chi connectivity index (χ1n) is 2.98. The Kier molecular flexibility index (Phi) is 3.54. The molecule has 0 atom stereocenters. The van der Waals surface area contributed by atoms with Crippen LogP contribution in [0.3, 0.4) is 0 Å². The van der Waals surface area contributed by atoms with Crippen molar-refractivity contribution in [3.63, 3.8) is 0 Å². The van der Waals surface area contributed by atoms with Crippen LogP contribution >= 0.6 is 0 Å². The van der Waals surface area contributed by atoms with Crippen LogP contribution in [0.5, 0.6) is 0 Å². The molecule has 0 heterocycles. The van der Waals surface area contributed by atoms with Crippen LogP contribution in [-0.4, -0.2) is 36.5 Å². The van der Waals surface area contributed by atoms with Crippen LogP contribution in [0.1, 0.15) is 0 Å². The fourth-order valence-corrected chi connectivity index (χ4v) is 0.423. The quantitative estimate of drug-likeness (QED) is 0.202. The van der Waals surface area contributed by atoms with Crippen LogP contribution in [0.4, 0.5) is 4.79 Å². The van der Waals surface area contributed by atoms with Gasteiger partial charge in [-0.25, -0.2) is 9.59 Å². The molecule has 0 aromatic carbocycles. The molecule has 0 aliphatic rings. The number of hydrogen-bond donors (Lipinski definition) is 3. The van der Waals surface area contributed by atoms with Crippen LogP contribution < -0.4 is 11.5 Å². The third-order valence-corrected chi connectivity index (χ3v) is 0.992. The van der Waals surface area contributed by atoms with E-state index in [1.165, 1.54) is 7.05 Å². The summed E-state index contributed by atoms with van der Waals surface area (Å²) in [5.41, 5.74) is 9.56. The maximum atomic E-state index is 10.7. The molecule has 0 radical (unpaired) electrons. The molecular formula is C5H10N4O3. The van der Waals surface area contributed by atoms with Crippen molar-refractivity contribution in [3.05, 3.63) is 0 Å². The molecule has 0 spiro atoms. The lowest BCUT2D eigenvalue weighted by Gasteiger charge is -2.13. The number of primary amides is 1. The minimum absolute atomic E-state index is 0.279. The van der Waals surface area contributed by atoms with E-state index in [-0.39, 0.29) is 12.5 Å². The summed E-state index contributed by atoms with van der Waals surface area (Å²) in [6.45, 7) is -0.279. The minimum atomic E-state index is -1.17. The van der Waals surface area contributed by atoms with Crippen molar-refractivity contribution in [2.45, 2.75) is 0 Å². The Morgan fingerprint density at radius 1 is 1.50 bits per heavy atom. The number of nitrogens with zero attached hydrogens (tertiary/aromatic N) is 1. The average molecular weight is 174 g/mol. The molecule has 0 aliphatic carbocycles. The summed E-state index contributed by atoms with van der Waals surface area (Å²) in [5.74, 6) is -1.14. The summed E-state index contributed by atoms with van der Waals surface area (Å²) in [7, 11) is 1.41. The number of nitrogens with two attached hydrogens (primary N) is 2. The Labute approximate surface area is 68.8 Å². The monoisotopic (exact) mass is 174 g/mol. The topological polar surface area (TPSA) is 122 Å². The Hall–Kier alpha value is -1.79. The highest BCUT2D eigenvalue weighted by molar-refractivity contribution is 5.87. The Morgan fingerprint density at radius 2 is 2.00 bits per heavy atom. The second-order valence-electron chi connectivity index (χ2n) is 2.03. The predicted octanol–water partition coefficient (Wildman–Crippen LogP) is -1.57. The number of amides is 1. The molecule has 0 aliphatic heterocycles. The van der Waals surface area contributed by atoms with Gasteiger partial charge in [-0.15, -0.1) is 0 Å². The number of rotatable bonds is 2. The van der Waals surface area contributed by atoms with E-state index >= 15 is 0 Å². The van der Waals surface area contributed by atoms with E-state index in [1.54, 1.807) is 0 Å². The smallest absolute Gasteiger partial charge is 0.375 e. The fourth-order valence-electron chi connectivity index (χ4n) is 0.423. The van der Waals surface area contributed by atoms with E-state index in [0.29, 0.717) is 0 Å². The van der Waals surface area contributed by atoms with Gasteiger partial charge in [0.2, 0.25) is 0 Å². The highest BCUT2D eigenvalue weighted by Gasteiger charge is 2.10. The van der Waals surface area contributed by atoms with Crippen molar-refractivity contribution in [1.82, 2.24) is 4.90 Å². The molecule has 0 aromatic rings. The van der Waals surface area contributed by atoms with E-state index in [4.69, 9.17) is 11.1 Å². The lowest BCUT2D eigenvalue weighted by atomic mass is 10.6. The van der Waals surface area contributed by atoms with E-state index in [9.17, 15) is 9.59 Å². The second kappa shape index (κ2) is 4.16. The van der Waals surface area contributed by atoms with Crippen LogP contribution in [0.15, 0.2) is 0 Å². The lowest BCUT2D eigenvalue weighted by molar-refractivity contribution is -0.137. The van der Waals surface area contributed by atoms with Crippen molar-refractivity contribution in [3.8, 4) is 0 Å². The first-order chi connectivity index (χ1) is 5.43. The zero-order valence-corrected chi connectivity index (χ0v) is 6.53. The molecule has 1 amide bonds. The minimum Gasteiger partial charge on any atom is -0.375 e. The fraction of sp³-hybridized carbons (Fsp3) is 0.400. The third-order valence-electron chi connectivity index (χ3n) is 0.992. The highest BCUT2D eigenvalue weighted by Crippen LogP contribution is 1.83. The molecular weight excluding hydrogens is 164 g/mol. The summed E-state index contributed by atoms with van der Waals surface area (Å²) in [4.78, 5) is 21.8. The molecule has 12 heavy (non-hydrogen) atoms. The number of likely N-dealkylation sites (N-methyl/N-ethyl adjacent to an activating group) is 1. The molecule has 0 rings (SSSR count). The normalized spacial score (nSPS) is 8.75. The number of ether oxygens (including phenoxy) is 1. The van der Waals surface area contributed by atoms with Crippen molar-refractivity contribution in [1.29, 1.82) is 5.41 Å². The molecule has 68 valence electrons. The molecule has 0 saturated heterocycles. The maximum absolute atomic E-state index is 10.7. The van der Waals surface area contributed by atoms with Gasteiger partial charge in [0.15, 0.2) is 5.96 Å². The zero-order valence-electron chi connectivity index (χ0n) is 6.53. The van der Waals surface area contributed by atoms with Gasteiger partial charge >= 0.3 is 12.1 Å². The highest BCUT2D eigenvalue weighted by atomic mass is 16.6. The molecule has 0 bridgehead atoms. The molecule has 0 fully saturated rings. The van der Waals surface area contributed by atoms with Crippen molar-refractivity contribution in [2.24, 2.45) is 11.5 Å². The van der Waals surface area contributed by atoms with Gasteiger partial charge in [-0.2, -0.15) is 0 Å². The van der Waals surface area contributed by atoms with Gasteiger partial charge in [-0.3, -0.25) is 5.41 Å². The van der Waals surface area contributed by atoms with Crippen LogP contribution in [0.25, 0.3) is 0 Å². The Bertz CT molecular complexity index is 215. The van der Waals surface area contributed by atoms with Gasteiger partial charge in [0.25, 0.3) is 0 Å². The molecule has 0 aromatic heterocycles. The summed E-state index contributed by atoms with van der Waals surface area (Å²) in [6.07, 6.45) is -1.17. The summed E-state index contributed by atoms with van der Waals surface area (Å²) >= 11 is 0. The summed E-state index contributed by atoms with van der Waals surface area (Å²) < 4.78 is 3.98. The van der Waals surface area contributed by atoms with Gasteiger partial charge in [0.1, 0.15) is 6.54 Å². The third kappa shape index (κ3) is 4.09. The second-order valence-corrected chi connectivity index (χ2v) is 2.03. The van der Waals surface area contributed by atoms with Crippen molar-refractivity contribution >= 4 is 18.0 Å². The van der Waals surface area contributed by atoms with E-state index < -0.39 is 12.1 Å². The van der Waals surface area contributed by atoms with E-state index in [2.05, 4.69) is 10.5 Å². The van der Waals surface area contributed by atoms with E-state index in [0.717, 1.165) is 4.90 Å². The van der Waals surface area contributed by atoms with Crippen LogP contribution in [0.2, 0.25) is 0 Å². The van der Waals surface area contributed by atoms with Crippen molar-refractivity contribution in [2.75, 3.05) is 13.6 Å². The lowest BCUT2D eigenvalue weighted by Crippen LogP contribution is -2.38. The van der Waals surface area contributed by atoms with Gasteiger partial charge in [-0.05, 0) is 0 Å². The number of carbonyl (C=O) groups is 2. The van der Waals surface area contributed by atoms with Gasteiger partial charge in [0.05, 0.1) is 0 Å². The molecule has 7 heteroatoms. The van der Waals surface area contributed by atoms with Gasteiger partial charge in [0, 0.05) is 7.05 Å². The molecule has 0 saturated carbocycles. The first kappa shape index (κ1) is 10.2. The molecule has 5 N–H and O–H groups in total. The number of esters is 1. The van der Waals surface area contributed by atoms with E-state index in [1.807, 2.05) is 0 Å².